The Labute approximate surface area is 82.8 Å². The van der Waals surface area contributed by atoms with Crippen LogP contribution < -0.4 is 10.6 Å². The topological polar surface area (TPSA) is 24.1 Å². The van der Waals surface area contributed by atoms with Crippen LogP contribution >= 0.6 is 50.1 Å². The highest BCUT2D eigenvalue weighted by atomic mass is 32.2. The van der Waals surface area contributed by atoms with Crippen molar-refractivity contribution in [3.8, 4) is 0 Å². The summed E-state index contributed by atoms with van der Waals surface area (Å²) in [6.07, 6.45) is 0. The molecule has 0 rings (SSSR count). The van der Waals surface area contributed by atoms with Crippen LogP contribution in [0.5, 0.6) is 0 Å². The van der Waals surface area contributed by atoms with Crippen LogP contribution in [-0.2, 0) is 0 Å². The third kappa shape index (κ3) is 8.90. The Morgan fingerprint density at radius 1 is 1.40 bits per heavy atom. The molecule has 0 aromatic rings. The first-order chi connectivity index (χ1) is 4.63. The van der Waals surface area contributed by atoms with Crippen LogP contribution in [0.4, 0.5) is 0 Å². The maximum Gasteiger partial charge on any atom is 0.130 e. The fraction of sp³-hybridized carbons (Fsp3) is 0.750. The van der Waals surface area contributed by atoms with Crippen LogP contribution in [0, 0.1) is 0 Å². The van der Waals surface area contributed by atoms with E-state index in [1.54, 1.807) is 0 Å². The third-order valence-electron chi connectivity index (χ3n) is 0.728. The van der Waals surface area contributed by atoms with Crippen molar-refractivity contribution < 1.29 is 0 Å². The molecule has 0 radical (unpaired) electrons. The molecule has 0 unspecified atom stereocenters. The molecular formula is C4H10N2S4. The van der Waals surface area contributed by atoms with Gasteiger partial charge in [-0.05, 0) is 0 Å². The lowest BCUT2D eigenvalue weighted by Crippen LogP contribution is -2.30. The molecule has 0 aliphatic carbocycles. The van der Waals surface area contributed by atoms with Crippen LogP contribution in [-0.4, -0.2) is 22.1 Å². The maximum absolute atomic E-state index is 4.66. The minimum absolute atomic E-state index is 0.0738. The molecule has 60 valence electrons. The number of hydrogen-bond donors (Lipinski definition) is 5. The zero-order chi connectivity index (χ0) is 7.98. The van der Waals surface area contributed by atoms with Gasteiger partial charge in [0.15, 0.2) is 0 Å². The molecular weight excluding hydrogens is 204 g/mol. The van der Waals surface area contributed by atoms with Crippen molar-refractivity contribution in [3.63, 3.8) is 0 Å². The summed E-state index contributed by atoms with van der Waals surface area (Å²) in [5, 5.41) is 5.84. The Hall–Kier alpha value is 0.900. The maximum atomic E-state index is 4.66. The van der Waals surface area contributed by atoms with E-state index in [9.17, 15) is 0 Å². The fourth-order valence-electron chi connectivity index (χ4n) is 0.371. The van der Waals surface area contributed by atoms with E-state index in [-0.39, 0.29) is 4.71 Å². The van der Waals surface area contributed by atoms with Gasteiger partial charge in [-0.1, -0.05) is 12.2 Å². The minimum atomic E-state index is -0.0738. The zero-order valence-electron chi connectivity index (χ0n) is 5.24. The second-order valence-electron chi connectivity index (χ2n) is 1.56. The predicted molar refractivity (Wildman–Crippen MR) is 59.3 cm³/mol. The van der Waals surface area contributed by atoms with Crippen LogP contribution in [0.2, 0.25) is 0 Å². The van der Waals surface area contributed by atoms with Gasteiger partial charge in [0.1, 0.15) is 4.32 Å². The van der Waals surface area contributed by atoms with Gasteiger partial charge in [0.25, 0.3) is 0 Å². The molecule has 0 aromatic carbocycles. The van der Waals surface area contributed by atoms with Crippen molar-refractivity contribution >= 4 is 54.4 Å². The summed E-state index contributed by atoms with van der Waals surface area (Å²) in [6, 6.07) is 0. The predicted octanol–water partition coefficient (Wildman–Crippen LogP) is 0.523. The molecule has 2 nitrogen and oxygen atoms in total. The van der Waals surface area contributed by atoms with E-state index >= 15 is 0 Å². The third-order valence-corrected chi connectivity index (χ3v) is 1.40. The molecule has 0 aromatic heterocycles. The van der Waals surface area contributed by atoms with Gasteiger partial charge in [-0.15, -0.1) is 37.9 Å². The first kappa shape index (κ1) is 10.9. The van der Waals surface area contributed by atoms with Crippen molar-refractivity contribution in [3.05, 3.63) is 0 Å². The minimum Gasteiger partial charge on any atom is -0.370 e. The Bertz CT molecular complexity index is 105. The van der Waals surface area contributed by atoms with Gasteiger partial charge in [-0.3, -0.25) is 5.32 Å². The van der Waals surface area contributed by atoms with Crippen molar-refractivity contribution in [1.82, 2.24) is 10.6 Å². The second kappa shape index (κ2) is 6.60. The number of rotatable bonds is 4. The summed E-state index contributed by atoms with van der Waals surface area (Å²) in [5.41, 5.74) is 0. The number of thiocarbonyl (C=S) groups is 1. The Morgan fingerprint density at radius 2 is 2.00 bits per heavy atom. The first-order valence-corrected chi connectivity index (χ1v) is 4.58. The van der Waals surface area contributed by atoms with Gasteiger partial charge in [-0.2, -0.15) is 0 Å². The van der Waals surface area contributed by atoms with Crippen molar-refractivity contribution in [2.45, 2.75) is 4.71 Å². The molecule has 0 spiro atoms. The normalized spacial score (nSPS) is 10.0. The van der Waals surface area contributed by atoms with E-state index in [2.05, 4.69) is 60.7 Å². The molecule has 0 bridgehead atoms. The average Bonchev–Trinajstić information content (AvgIpc) is 1.79. The summed E-state index contributed by atoms with van der Waals surface area (Å²) in [4.78, 5) is 0. The number of thiol groups is 3. The number of hydrogen-bond acceptors (Lipinski definition) is 4. The smallest absolute Gasteiger partial charge is 0.130 e. The highest BCUT2D eigenvalue weighted by Gasteiger charge is 1.91. The lowest BCUT2D eigenvalue weighted by molar-refractivity contribution is 0.735. The SMILES string of the molecule is S=C(S)NCCNC(S)S. The van der Waals surface area contributed by atoms with Crippen molar-refractivity contribution in [1.29, 1.82) is 0 Å². The lowest BCUT2D eigenvalue weighted by atomic mass is 10.6. The fourth-order valence-corrected chi connectivity index (χ4v) is 0.843. The Balaban J connectivity index is 2.98. The molecule has 0 saturated carbocycles. The Kier molecular flexibility index (Phi) is 7.19. The van der Waals surface area contributed by atoms with E-state index in [4.69, 9.17) is 0 Å². The second-order valence-corrected chi connectivity index (χ2v) is 4.16. The average molecular weight is 214 g/mol. The van der Waals surface area contributed by atoms with E-state index in [0.717, 1.165) is 13.1 Å². The van der Waals surface area contributed by atoms with Gasteiger partial charge in [-0.25, -0.2) is 0 Å². The van der Waals surface area contributed by atoms with Crippen molar-refractivity contribution in [2.75, 3.05) is 13.1 Å². The van der Waals surface area contributed by atoms with Gasteiger partial charge < -0.3 is 5.32 Å². The van der Waals surface area contributed by atoms with E-state index in [1.807, 2.05) is 0 Å². The molecule has 10 heavy (non-hydrogen) atoms. The molecule has 2 N–H and O–H groups in total. The standard InChI is InChI=1S/C4H10N2S4/c7-3(8)5-1-2-6-4(9)10/h3,5,7-8H,1-2H2,(H2,6,9,10). The summed E-state index contributed by atoms with van der Waals surface area (Å²) >= 11 is 16.5. The molecule has 0 amide bonds. The first-order valence-electron chi connectivity index (χ1n) is 2.69. The van der Waals surface area contributed by atoms with Crippen LogP contribution in [0.25, 0.3) is 0 Å². The summed E-state index contributed by atoms with van der Waals surface area (Å²) in [7, 11) is 0. The van der Waals surface area contributed by atoms with Gasteiger partial charge in [0.2, 0.25) is 0 Å². The quantitative estimate of drug-likeness (QED) is 0.204. The van der Waals surface area contributed by atoms with Gasteiger partial charge >= 0.3 is 0 Å². The lowest BCUT2D eigenvalue weighted by Gasteiger charge is -2.06. The van der Waals surface area contributed by atoms with Crippen LogP contribution in [0.15, 0.2) is 0 Å². The highest BCUT2D eigenvalue weighted by molar-refractivity contribution is 8.11. The molecule has 0 aliphatic heterocycles. The molecule has 0 fully saturated rings. The van der Waals surface area contributed by atoms with E-state index in [1.165, 1.54) is 0 Å². The summed E-state index contributed by atoms with van der Waals surface area (Å²) in [6.45, 7) is 1.53. The Morgan fingerprint density at radius 3 is 2.40 bits per heavy atom. The summed E-state index contributed by atoms with van der Waals surface area (Å²) < 4.78 is 0.437. The molecule has 0 saturated heterocycles. The van der Waals surface area contributed by atoms with Crippen LogP contribution in [0.1, 0.15) is 0 Å². The van der Waals surface area contributed by atoms with Crippen LogP contribution in [0.3, 0.4) is 0 Å². The molecule has 0 atom stereocenters. The van der Waals surface area contributed by atoms with Crippen molar-refractivity contribution in [2.24, 2.45) is 0 Å². The largest absolute Gasteiger partial charge is 0.370 e. The van der Waals surface area contributed by atoms with Gasteiger partial charge in [0.05, 0.1) is 4.71 Å². The van der Waals surface area contributed by atoms with E-state index < -0.39 is 0 Å². The molecule has 6 heteroatoms. The van der Waals surface area contributed by atoms with Gasteiger partial charge in [0, 0.05) is 13.1 Å². The molecule has 0 aliphatic rings. The zero-order valence-corrected chi connectivity index (χ0v) is 8.74. The molecule has 0 heterocycles. The highest BCUT2D eigenvalue weighted by Crippen LogP contribution is 1.91. The monoisotopic (exact) mass is 214 g/mol. The summed E-state index contributed by atoms with van der Waals surface area (Å²) in [5.74, 6) is 0. The van der Waals surface area contributed by atoms with E-state index in [0.29, 0.717) is 4.32 Å². The number of nitrogens with one attached hydrogen (secondary N) is 2.